The van der Waals surface area contributed by atoms with Crippen molar-refractivity contribution in [3.63, 3.8) is 0 Å². The summed E-state index contributed by atoms with van der Waals surface area (Å²) >= 11 is 0. The first-order valence-corrected chi connectivity index (χ1v) is 16.3. The molecule has 4 unspecified atom stereocenters. The number of carboxylic acids is 1. The van der Waals surface area contributed by atoms with Crippen molar-refractivity contribution in [2.75, 3.05) is 66.0 Å². The highest BCUT2D eigenvalue weighted by Crippen LogP contribution is 2.25. The minimum Gasteiger partial charge on any atom is -0.481 e. The third kappa shape index (κ3) is 20.0. The van der Waals surface area contributed by atoms with E-state index in [1.54, 1.807) is 0 Å². The molecule has 0 aromatic carbocycles. The second kappa shape index (κ2) is 23.2. The largest absolute Gasteiger partial charge is 0.481 e. The van der Waals surface area contributed by atoms with Gasteiger partial charge in [-0.05, 0) is 53.4 Å². The lowest BCUT2D eigenvalue weighted by molar-refractivity contribution is -0.228. The Hall–Kier alpha value is -2.21. The molecule has 1 saturated heterocycles. The molecule has 0 saturated carbocycles. The Labute approximate surface area is 278 Å². The highest BCUT2D eigenvalue weighted by atomic mass is 16.7. The van der Waals surface area contributed by atoms with Crippen LogP contribution >= 0.6 is 0 Å². The summed E-state index contributed by atoms with van der Waals surface area (Å²) < 4.78 is 32.8. The van der Waals surface area contributed by atoms with Crippen LogP contribution in [0.15, 0.2) is 12.2 Å². The van der Waals surface area contributed by atoms with E-state index in [0.29, 0.717) is 58.7 Å². The van der Waals surface area contributed by atoms with Gasteiger partial charge in [0.05, 0.1) is 51.8 Å². The molecule has 1 heterocycles. The molecule has 274 valence electrons. The van der Waals surface area contributed by atoms with Crippen LogP contribution in [0.25, 0.3) is 0 Å². The molecule has 0 bridgehead atoms. The molecule has 0 spiro atoms. The molecule has 6 N–H and O–H groups in total. The Kier molecular flexibility index (Phi) is 21.1. The number of nitrogens with one attached hydrogen (secondary N) is 2. The topological polar surface area (TPSA) is 212 Å². The third-order valence-corrected chi connectivity index (χ3v) is 7.38. The van der Waals surface area contributed by atoms with Crippen molar-refractivity contribution in [2.45, 2.75) is 108 Å². The quantitative estimate of drug-likeness (QED) is 0.0522. The second-order valence-corrected chi connectivity index (χ2v) is 12.7. The molecule has 0 aromatic rings. The lowest BCUT2D eigenvalue weighted by Gasteiger charge is -2.37. The lowest BCUT2D eigenvalue weighted by Crippen LogP contribution is -2.52. The molecule has 1 aliphatic heterocycles. The van der Waals surface area contributed by atoms with Gasteiger partial charge in [-0.2, -0.15) is 0 Å². The molecule has 0 aromatic heterocycles. The number of carbonyl (C=O) groups excluding carboxylic acids is 2. The first-order chi connectivity index (χ1) is 22.2. The molecule has 2 amide bonds. The van der Waals surface area contributed by atoms with Crippen LogP contribution in [-0.2, 0) is 42.8 Å². The summed E-state index contributed by atoms with van der Waals surface area (Å²) in [5, 5.41) is 43.6. The molecule has 15 nitrogen and oxygen atoms in total. The number of carbonyl (C=O) groups is 3. The van der Waals surface area contributed by atoms with Gasteiger partial charge < -0.3 is 59.5 Å². The minimum atomic E-state index is -1.26. The maximum absolute atomic E-state index is 12.4. The fourth-order valence-electron chi connectivity index (χ4n) is 4.44. The zero-order valence-electron chi connectivity index (χ0n) is 28.5. The molecule has 47 heavy (non-hydrogen) atoms. The Bertz CT molecular complexity index is 931. The van der Waals surface area contributed by atoms with Crippen molar-refractivity contribution in [1.29, 1.82) is 0 Å². The smallest absolute Gasteiger partial charge is 0.303 e. The predicted molar refractivity (Wildman–Crippen MR) is 171 cm³/mol. The predicted octanol–water partition coefficient (Wildman–Crippen LogP) is 0.670. The van der Waals surface area contributed by atoms with Gasteiger partial charge in [0, 0.05) is 37.1 Å². The van der Waals surface area contributed by atoms with E-state index < -0.39 is 48.3 Å². The van der Waals surface area contributed by atoms with Crippen LogP contribution in [0.1, 0.15) is 72.6 Å². The molecule has 0 aliphatic carbocycles. The van der Waals surface area contributed by atoms with E-state index in [4.69, 9.17) is 33.5 Å². The maximum atomic E-state index is 12.4. The molecular formula is C32H58N2O13. The normalized spacial score (nSPS) is 20.3. The van der Waals surface area contributed by atoms with Crippen molar-refractivity contribution < 1.29 is 63.2 Å². The number of aliphatic hydroxyl groups is 3. The Balaban J connectivity index is 1.96. The SMILES string of the molecule is C=C1C(OCCOCCOCCOCC(=O)NCCCCCC(=O)NC(C)(C)CCOC(C)(C)CCC(=O)O)OC(CO)C(O)C1O. The summed E-state index contributed by atoms with van der Waals surface area (Å²) in [6, 6.07) is 0. The highest BCUT2D eigenvalue weighted by molar-refractivity contribution is 5.77. The first-order valence-electron chi connectivity index (χ1n) is 16.3. The molecule has 1 aliphatic rings. The number of unbranched alkanes of at least 4 members (excludes halogenated alkanes) is 2. The number of ether oxygens (including phenoxy) is 6. The van der Waals surface area contributed by atoms with Crippen LogP contribution in [0.4, 0.5) is 0 Å². The zero-order valence-corrected chi connectivity index (χ0v) is 28.5. The van der Waals surface area contributed by atoms with Gasteiger partial charge in [0.25, 0.3) is 0 Å². The van der Waals surface area contributed by atoms with Gasteiger partial charge in [-0.1, -0.05) is 13.0 Å². The fraction of sp³-hybridized carbons (Fsp3) is 0.844. The van der Waals surface area contributed by atoms with Crippen LogP contribution in [0, 0.1) is 0 Å². The summed E-state index contributed by atoms with van der Waals surface area (Å²) in [7, 11) is 0. The summed E-state index contributed by atoms with van der Waals surface area (Å²) in [4.78, 5) is 35.1. The van der Waals surface area contributed by atoms with Gasteiger partial charge in [-0.15, -0.1) is 0 Å². The third-order valence-electron chi connectivity index (χ3n) is 7.38. The average molecular weight is 679 g/mol. The number of carboxylic acid groups (broad SMARTS) is 1. The summed E-state index contributed by atoms with van der Waals surface area (Å²) in [5.74, 6) is -1.12. The van der Waals surface area contributed by atoms with Gasteiger partial charge in [-0.25, -0.2) is 0 Å². The fourth-order valence-corrected chi connectivity index (χ4v) is 4.44. The first kappa shape index (κ1) is 42.8. The number of rotatable bonds is 27. The number of aliphatic carboxylic acids is 1. The molecule has 1 fully saturated rings. The molecular weight excluding hydrogens is 620 g/mol. The number of hydrogen-bond donors (Lipinski definition) is 6. The summed E-state index contributed by atoms with van der Waals surface area (Å²) in [6.07, 6.45) is -0.740. The minimum absolute atomic E-state index is 0.0434. The van der Waals surface area contributed by atoms with E-state index in [-0.39, 0.29) is 50.2 Å². The van der Waals surface area contributed by atoms with E-state index in [1.807, 2.05) is 27.7 Å². The molecule has 4 atom stereocenters. The van der Waals surface area contributed by atoms with Crippen molar-refractivity contribution in [1.82, 2.24) is 10.6 Å². The Morgan fingerprint density at radius 2 is 1.49 bits per heavy atom. The van der Waals surface area contributed by atoms with Crippen molar-refractivity contribution in [2.24, 2.45) is 0 Å². The highest BCUT2D eigenvalue weighted by Gasteiger charge is 2.39. The van der Waals surface area contributed by atoms with Crippen molar-refractivity contribution in [3.05, 3.63) is 12.2 Å². The van der Waals surface area contributed by atoms with E-state index in [2.05, 4.69) is 17.2 Å². The monoisotopic (exact) mass is 678 g/mol. The van der Waals surface area contributed by atoms with Crippen LogP contribution in [0.3, 0.4) is 0 Å². The number of aliphatic hydroxyl groups excluding tert-OH is 3. The second-order valence-electron chi connectivity index (χ2n) is 12.7. The zero-order chi connectivity index (χ0) is 35.3. The van der Waals surface area contributed by atoms with E-state index in [9.17, 15) is 29.7 Å². The molecule has 15 heteroatoms. The average Bonchev–Trinajstić information content (AvgIpc) is 2.99. The number of amides is 2. The van der Waals surface area contributed by atoms with E-state index >= 15 is 0 Å². The van der Waals surface area contributed by atoms with E-state index in [0.717, 1.165) is 12.8 Å². The molecule has 1 rings (SSSR count). The van der Waals surface area contributed by atoms with Gasteiger partial charge in [0.2, 0.25) is 11.8 Å². The van der Waals surface area contributed by atoms with Gasteiger partial charge in [0.15, 0.2) is 6.29 Å². The van der Waals surface area contributed by atoms with E-state index in [1.165, 1.54) is 0 Å². The Morgan fingerprint density at radius 3 is 2.13 bits per heavy atom. The van der Waals surface area contributed by atoms with Gasteiger partial charge >= 0.3 is 5.97 Å². The maximum Gasteiger partial charge on any atom is 0.303 e. The van der Waals surface area contributed by atoms with Gasteiger partial charge in [-0.3, -0.25) is 14.4 Å². The molecule has 0 radical (unpaired) electrons. The lowest BCUT2D eigenvalue weighted by atomic mass is 9.98. The van der Waals surface area contributed by atoms with Crippen LogP contribution in [0.2, 0.25) is 0 Å². The van der Waals surface area contributed by atoms with Crippen LogP contribution in [0.5, 0.6) is 0 Å². The summed E-state index contributed by atoms with van der Waals surface area (Å²) in [5.41, 5.74) is -0.815. The van der Waals surface area contributed by atoms with Crippen molar-refractivity contribution >= 4 is 17.8 Å². The van der Waals surface area contributed by atoms with Crippen molar-refractivity contribution in [3.8, 4) is 0 Å². The summed E-state index contributed by atoms with van der Waals surface area (Å²) in [6.45, 7) is 13.2. The Morgan fingerprint density at radius 1 is 0.851 bits per heavy atom. The van der Waals surface area contributed by atoms with Gasteiger partial charge in [0.1, 0.15) is 24.9 Å². The van der Waals surface area contributed by atoms with Crippen LogP contribution < -0.4 is 10.6 Å². The van der Waals surface area contributed by atoms with Crippen LogP contribution in [-0.4, -0.2) is 140 Å². The number of hydrogen-bond acceptors (Lipinski definition) is 12. The standard InChI is InChI=1S/C32H58N2O13/c1-23-28(40)29(41)24(21-35)47-30(23)45-20-19-43-16-15-42-17-18-44-22-26(37)33-13-8-6-7-9-25(36)34-31(2,3)12-14-46-32(4,5)11-10-27(38)39/h24,28-30,35,40-41H,1,6-22H2,2-5H3,(H,33,37)(H,34,36)(H,38,39).